The van der Waals surface area contributed by atoms with Crippen LogP contribution in [0.4, 0.5) is 0 Å². The molecule has 0 aromatic heterocycles. The summed E-state index contributed by atoms with van der Waals surface area (Å²) in [6, 6.07) is 11.0. The largest absolute Gasteiger partial charge is 0.358 e. The average Bonchev–Trinajstić information content (AvgIpc) is 2.20. The Labute approximate surface area is 120 Å². The first kappa shape index (κ1) is 15.3. The van der Waals surface area contributed by atoms with E-state index in [4.69, 9.17) is 0 Å². The zero-order valence-electron chi connectivity index (χ0n) is 9.95. The quantitative estimate of drug-likeness (QED) is 0.667. The molecule has 0 N–H and O–H groups in total. The van der Waals surface area contributed by atoms with Gasteiger partial charge in [0.05, 0.1) is 0 Å². The summed E-state index contributed by atoms with van der Waals surface area (Å²) in [5.74, 6) is 1.71. The fourth-order valence-electron chi connectivity index (χ4n) is 2.51. The molecule has 0 saturated heterocycles. The fraction of sp³-hybridized carbons (Fsp3) is 0.500. The zero-order valence-corrected chi connectivity index (χ0v) is 12.8. The van der Waals surface area contributed by atoms with Gasteiger partial charge in [0.2, 0.25) is 0 Å². The summed E-state index contributed by atoms with van der Waals surface area (Å²) >= 11 is 0. The van der Waals surface area contributed by atoms with Gasteiger partial charge in [-0.25, -0.2) is 0 Å². The van der Waals surface area contributed by atoms with Crippen LogP contribution in [0.3, 0.4) is 0 Å². The van der Waals surface area contributed by atoms with E-state index in [-0.39, 0.29) is 40.1 Å². The zero-order chi connectivity index (χ0) is 9.10. The monoisotopic (exact) mass is 278 g/mol. The first-order valence-corrected chi connectivity index (χ1v) is 5.43. The second-order valence-electron chi connectivity index (χ2n) is 4.28. The number of rotatable bonds is 1. The Hall–Kier alpha value is 0.324. The molecule has 0 heterocycles. The van der Waals surface area contributed by atoms with Gasteiger partial charge in [-0.3, -0.25) is 0 Å². The van der Waals surface area contributed by atoms with Gasteiger partial charge in [-0.05, 0) is 23.8 Å². The SMILES string of the molecule is CC1CCCCC1c1ccccc1.[CH3-].[Y]. The molecule has 0 bridgehead atoms. The molecule has 81 valence electrons. The fourth-order valence-corrected chi connectivity index (χ4v) is 2.51. The molecule has 1 saturated carbocycles. The molecule has 2 unspecified atom stereocenters. The van der Waals surface area contributed by atoms with Crippen LogP contribution in [0.15, 0.2) is 30.3 Å². The predicted octanol–water partition coefficient (Wildman–Crippen LogP) is 4.43. The van der Waals surface area contributed by atoms with Gasteiger partial charge in [-0.1, -0.05) is 56.5 Å². The van der Waals surface area contributed by atoms with Gasteiger partial charge in [0, 0.05) is 32.7 Å². The molecule has 2 rings (SSSR count). The van der Waals surface area contributed by atoms with Crippen molar-refractivity contribution in [3.63, 3.8) is 0 Å². The Morgan fingerprint density at radius 1 is 1.00 bits per heavy atom. The molecule has 1 aromatic carbocycles. The van der Waals surface area contributed by atoms with E-state index in [2.05, 4.69) is 37.3 Å². The summed E-state index contributed by atoms with van der Waals surface area (Å²) in [6.45, 7) is 2.40. The van der Waals surface area contributed by atoms with E-state index >= 15 is 0 Å². The summed E-state index contributed by atoms with van der Waals surface area (Å²) in [5.41, 5.74) is 1.55. The second kappa shape index (κ2) is 7.57. The first-order valence-electron chi connectivity index (χ1n) is 5.43. The minimum atomic E-state index is 0. The third kappa shape index (κ3) is 4.00. The van der Waals surface area contributed by atoms with E-state index in [0.29, 0.717) is 0 Å². The minimum absolute atomic E-state index is 0. The van der Waals surface area contributed by atoms with E-state index in [1.165, 1.54) is 25.7 Å². The van der Waals surface area contributed by atoms with Crippen molar-refractivity contribution < 1.29 is 32.7 Å². The molecule has 0 amide bonds. The Bertz CT molecular complexity index is 255. The molecular weight excluding hydrogens is 257 g/mol. The Kier molecular flexibility index (Phi) is 7.74. The molecule has 1 aliphatic rings. The number of hydrogen-bond donors (Lipinski definition) is 0. The molecule has 1 aliphatic carbocycles. The van der Waals surface area contributed by atoms with Crippen LogP contribution in [0, 0.1) is 13.3 Å². The Morgan fingerprint density at radius 2 is 1.60 bits per heavy atom. The molecule has 1 fully saturated rings. The first-order chi connectivity index (χ1) is 6.38. The number of benzene rings is 1. The molecule has 1 heteroatoms. The van der Waals surface area contributed by atoms with Crippen LogP contribution in [0.5, 0.6) is 0 Å². The normalized spacial score (nSPS) is 24.9. The van der Waals surface area contributed by atoms with Gasteiger partial charge in [0.25, 0.3) is 0 Å². The maximum atomic E-state index is 2.40. The summed E-state index contributed by atoms with van der Waals surface area (Å²) in [7, 11) is 0. The third-order valence-electron chi connectivity index (χ3n) is 3.34. The van der Waals surface area contributed by atoms with E-state index in [9.17, 15) is 0 Å². The van der Waals surface area contributed by atoms with Crippen LogP contribution in [0.2, 0.25) is 0 Å². The van der Waals surface area contributed by atoms with Crippen molar-refractivity contribution in [1.82, 2.24) is 0 Å². The summed E-state index contributed by atoms with van der Waals surface area (Å²) in [6.07, 6.45) is 5.67. The predicted molar refractivity (Wildman–Crippen MR) is 63.2 cm³/mol. The van der Waals surface area contributed by atoms with Crippen molar-refractivity contribution in [2.24, 2.45) is 5.92 Å². The smallest absolute Gasteiger partial charge is 0 e. The summed E-state index contributed by atoms with van der Waals surface area (Å²) in [4.78, 5) is 0. The minimum Gasteiger partial charge on any atom is -0.358 e. The van der Waals surface area contributed by atoms with Crippen LogP contribution >= 0.6 is 0 Å². The van der Waals surface area contributed by atoms with Crippen LogP contribution < -0.4 is 0 Å². The standard InChI is InChI=1S/C13H18.CH3.Y/c1-11-7-5-6-10-13(11)12-8-3-2-4-9-12;;/h2-4,8-9,11,13H,5-7,10H2,1H3;1H3;/q;-1;. The van der Waals surface area contributed by atoms with Gasteiger partial charge < -0.3 is 7.43 Å². The van der Waals surface area contributed by atoms with Gasteiger partial charge >= 0.3 is 0 Å². The van der Waals surface area contributed by atoms with Crippen molar-refractivity contribution >= 4 is 0 Å². The third-order valence-corrected chi connectivity index (χ3v) is 3.34. The Morgan fingerprint density at radius 3 is 2.20 bits per heavy atom. The molecule has 1 aromatic rings. The molecule has 15 heavy (non-hydrogen) atoms. The summed E-state index contributed by atoms with van der Waals surface area (Å²) < 4.78 is 0. The van der Waals surface area contributed by atoms with E-state index in [0.717, 1.165) is 11.8 Å². The van der Waals surface area contributed by atoms with Crippen molar-refractivity contribution in [2.45, 2.75) is 38.5 Å². The number of hydrogen-bond acceptors (Lipinski definition) is 0. The van der Waals surface area contributed by atoms with Crippen LogP contribution in [-0.4, -0.2) is 0 Å². The van der Waals surface area contributed by atoms with E-state index < -0.39 is 0 Å². The van der Waals surface area contributed by atoms with E-state index in [1.54, 1.807) is 5.56 Å². The molecule has 0 aliphatic heterocycles. The van der Waals surface area contributed by atoms with Crippen LogP contribution in [0.25, 0.3) is 0 Å². The molecule has 0 nitrogen and oxygen atoms in total. The van der Waals surface area contributed by atoms with Gasteiger partial charge in [-0.2, -0.15) is 0 Å². The second-order valence-corrected chi connectivity index (χ2v) is 4.28. The van der Waals surface area contributed by atoms with Gasteiger partial charge in [0.1, 0.15) is 0 Å². The van der Waals surface area contributed by atoms with Crippen molar-refractivity contribution in [3.8, 4) is 0 Å². The van der Waals surface area contributed by atoms with Crippen molar-refractivity contribution in [2.75, 3.05) is 0 Å². The van der Waals surface area contributed by atoms with Crippen LogP contribution in [-0.2, 0) is 32.7 Å². The van der Waals surface area contributed by atoms with Gasteiger partial charge in [-0.15, -0.1) is 0 Å². The maximum absolute atomic E-state index is 2.40. The molecule has 2 atom stereocenters. The molecular formula is C14H21Y-. The van der Waals surface area contributed by atoms with Gasteiger partial charge in [0.15, 0.2) is 0 Å². The van der Waals surface area contributed by atoms with Crippen molar-refractivity contribution in [3.05, 3.63) is 43.3 Å². The topological polar surface area (TPSA) is 0 Å². The average molecular weight is 278 g/mol. The summed E-state index contributed by atoms with van der Waals surface area (Å²) in [5, 5.41) is 0. The maximum Gasteiger partial charge on any atom is 0 e. The van der Waals surface area contributed by atoms with Crippen LogP contribution in [0.1, 0.15) is 44.1 Å². The molecule has 1 radical (unpaired) electrons. The van der Waals surface area contributed by atoms with Crippen molar-refractivity contribution in [1.29, 1.82) is 0 Å². The van der Waals surface area contributed by atoms with E-state index in [1.807, 2.05) is 0 Å². The Balaban J connectivity index is 0.000000980. The molecule has 0 spiro atoms.